The molecule has 166 valence electrons. The van der Waals surface area contributed by atoms with Gasteiger partial charge in [0.2, 0.25) is 15.9 Å². The van der Waals surface area contributed by atoms with E-state index in [4.69, 9.17) is 0 Å². The summed E-state index contributed by atoms with van der Waals surface area (Å²) < 4.78 is 29.6. The fourth-order valence-corrected chi connectivity index (χ4v) is 6.48. The van der Waals surface area contributed by atoms with Gasteiger partial charge in [0.25, 0.3) is 0 Å². The van der Waals surface area contributed by atoms with Crippen molar-refractivity contribution in [1.82, 2.24) is 14.2 Å². The Bertz CT molecular complexity index is 1130. The molecule has 2 aromatic heterocycles. The van der Waals surface area contributed by atoms with Gasteiger partial charge in [-0.1, -0.05) is 19.4 Å². The minimum atomic E-state index is -3.47. The topological polar surface area (TPSA) is 71.4 Å². The second kappa shape index (κ2) is 9.54. The van der Waals surface area contributed by atoms with Crippen LogP contribution in [0.4, 0.5) is 0 Å². The lowest BCUT2D eigenvalue weighted by molar-refractivity contribution is -0.124. The van der Waals surface area contributed by atoms with E-state index in [-0.39, 0.29) is 11.9 Å². The van der Waals surface area contributed by atoms with Gasteiger partial charge in [0.15, 0.2) is 0 Å². The van der Waals surface area contributed by atoms with E-state index < -0.39 is 10.0 Å². The monoisotopic (exact) mass is 459 g/mol. The van der Waals surface area contributed by atoms with Crippen LogP contribution in [-0.4, -0.2) is 42.8 Å². The molecule has 0 saturated carbocycles. The number of rotatable bonds is 8. The maximum absolute atomic E-state index is 13.0. The number of thiophene rings is 1. The Morgan fingerprint density at radius 3 is 2.68 bits per heavy atom. The number of carbonyl (C=O) groups excluding carboxylic acids is 1. The molecule has 0 radical (unpaired) electrons. The van der Waals surface area contributed by atoms with E-state index in [0.29, 0.717) is 31.0 Å². The zero-order valence-corrected chi connectivity index (χ0v) is 19.4. The van der Waals surface area contributed by atoms with Gasteiger partial charge in [-0.3, -0.25) is 4.79 Å². The summed E-state index contributed by atoms with van der Waals surface area (Å²) in [5, 5.41) is 5.92. The lowest BCUT2D eigenvalue weighted by Crippen LogP contribution is -2.35. The smallest absolute Gasteiger partial charge is 0.243 e. The molecule has 1 atom stereocenters. The maximum Gasteiger partial charge on any atom is 0.243 e. The van der Waals surface area contributed by atoms with Crippen LogP contribution in [0, 0.1) is 0 Å². The molecule has 1 amide bonds. The van der Waals surface area contributed by atoms with E-state index in [0.717, 1.165) is 36.6 Å². The number of nitrogens with one attached hydrogen (secondary N) is 1. The Labute approximate surface area is 187 Å². The van der Waals surface area contributed by atoms with Crippen molar-refractivity contribution in [2.24, 2.45) is 0 Å². The number of piperidine rings is 1. The Kier molecular flexibility index (Phi) is 6.79. The lowest BCUT2D eigenvalue weighted by Gasteiger charge is -2.26. The first-order chi connectivity index (χ1) is 15.0. The lowest BCUT2D eigenvalue weighted by atomic mass is 10.2. The van der Waals surface area contributed by atoms with Gasteiger partial charge < -0.3 is 9.88 Å². The van der Waals surface area contributed by atoms with Gasteiger partial charge in [0, 0.05) is 41.6 Å². The van der Waals surface area contributed by atoms with Crippen LogP contribution in [0.15, 0.2) is 52.9 Å². The van der Waals surface area contributed by atoms with Crippen molar-refractivity contribution in [1.29, 1.82) is 0 Å². The first-order valence-electron chi connectivity index (χ1n) is 10.9. The molecule has 0 unspecified atom stereocenters. The first kappa shape index (κ1) is 22.0. The van der Waals surface area contributed by atoms with Gasteiger partial charge in [0.05, 0.1) is 4.90 Å². The molecule has 6 nitrogen and oxygen atoms in total. The minimum Gasteiger partial charge on any atom is -0.354 e. The fourth-order valence-electron chi connectivity index (χ4n) is 4.22. The Balaban J connectivity index is 1.51. The summed E-state index contributed by atoms with van der Waals surface area (Å²) in [5.41, 5.74) is 0.873. The normalized spacial score (nSPS) is 16.4. The number of benzene rings is 1. The van der Waals surface area contributed by atoms with Gasteiger partial charge in [-0.05, 0) is 61.4 Å². The zero-order chi connectivity index (χ0) is 21.8. The quantitative estimate of drug-likeness (QED) is 0.549. The third kappa shape index (κ3) is 4.71. The van der Waals surface area contributed by atoms with Gasteiger partial charge >= 0.3 is 0 Å². The average Bonchev–Trinajstić information content (AvgIpc) is 3.45. The number of aromatic nitrogens is 1. The summed E-state index contributed by atoms with van der Waals surface area (Å²) in [6, 6.07) is 10.9. The number of amides is 1. The van der Waals surface area contributed by atoms with E-state index in [2.05, 4.69) is 11.4 Å². The molecule has 1 N–H and O–H groups in total. The van der Waals surface area contributed by atoms with Crippen LogP contribution in [0.1, 0.15) is 43.5 Å². The molecule has 1 aliphatic heterocycles. The molecule has 31 heavy (non-hydrogen) atoms. The summed E-state index contributed by atoms with van der Waals surface area (Å²) in [5.74, 6) is -0.0124. The second-order valence-corrected chi connectivity index (χ2v) is 10.9. The SMILES string of the molecule is CC[C@H](C(=O)NCCc1cccs1)n1ccc2cc(S(=O)(=O)N3CCCCC3)ccc21. The highest BCUT2D eigenvalue weighted by molar-refractivity contribution is 7.89. The van der Waals surface area contributed by atoms with Crippen molar-refractivity contribution in [2.45, 2.75) is 50.0 Å². The number of fused-ring (bicyclic) bond motifs is 1. The predicted molar refractivity (Wildman–Crippen MR) is 125 cm³/mol. The highest BCUT2D eigenvalue weighted by Gasteiger charge is 2.27. The molecule has 1 aromatic carbocycles. The van der Waals surface area contributed by atoms with Crippen molar-refractivity contribution in [3.8, 4) is 0 Å². The van der Waals surface area contributed by atoms with Crippen LogP contribution in [0.25, 0.3) is 10.9 Å². The van der Waals surface area contributed by atoms with Gasteiger partial charge in [-0.2, -0.15) is 4.31 Å². The molecular formula is C23H29N3O3S2. The second-order valence-electron chi connectivity index (χ2n) is 7.95. The van der Waals surface area contributed by atoms with Gasteiger partial charge in [-0.25, -0.2) is 8.42 Å². The Morgan fingerprint density at radius 2 is 1.97 bits per heavy atom. The largest absolute Gasteiger partial charge is 0.354 e. The van der Waals surface area contributed by atoms with Crippen LogP contribution < -0.4 is 5.32 Å². The van der Waals surface area contributed by atoms with Gasteiger partial charge in [-0.15, -0.1) is 11.3 Å². The standard InChI is InChI=1S/C23H29N3O3S2/c1-2-21(23(27)24-12-10-19-7-6-16-30-19)26-15-11-18-17-20(8-9-22(18)26)31(28,29)25-13-4-3-5-14-25/h6-9,11,15-17,21H,2-5,10,12-14H2,1H3,(H,24,27)/t21-/m1/s1. The van der Waals surface area contributed by atoms with Crippen molar-refractivity contribution in [2.75, 3.05) is 19.6 Å². The molecule has 0 aliphatic carbocycles. The summed E-state index contributed by atoms with van der Waals surface area (Å²) in [6.07, 6.45) is 6.28. The number of nitrogens with zero attached hydrogens (tertiary/aromatic N) is 2. The molecule has 8 heteroatoms. The van der Waals surface area contributed by atoms with E-state index >= 15 is 0 Å². The van der Waals surface area contributed by atoms with E-state index in [1.165, 1.54) is 4.88 Å². The molecule has 0 bridgehead atoms. The van der Waals surface area contributed by atoms with E-state index in [1.54, 1.807) is 27.8 Å². The van der Waals surface area contributed by atoms with Crippen LogP contribution in [0.2, 0.25) is 0 Å². The first-order valence-corrected chi connectivity index (χ1v) is 13.2. The molecule has 0 spiro atoms. The summed E-state index contributed by atoms with van der Waals surface area (Å²) in [7, 11) is -3.47. The predicted octanol–water partition coefficient (Wildman–Crippen LogP) is 4.19. The third-order valence-electron chi connectivity index (χ3n) is 5.92. The molecule has 1 aliphatic rings. The van der Waals surface area contributed by atoms with E-state index in [9.17, 15) is 13.2 Å². The Hall–Kier alpha value is -2.16. The van der Waals surface area contributed by atoms with Crippen LogP contribution in [-0.2, 0) is 21.2 Å². The molecular weight excluding hydrogens is 430 g/mol. The molecule has 1 fully saturated rings. The molecule has 3 heterocycles. The molecule has 4 rings (SSSR count). The molecule has 3 aromatic rings. The third-order valence-corrected chi connectivity index (χ3v) is 8.75. The van der Waals surface area contributed by atoms with Crippen molar-refractivity contribution < 1.29 is 13.2 Å². The number of hydrogen-bond acceptors (Lipinski definition) is 4. The van der Waals surface area contributed by atoms with Crippen molar-refractivity contribution in [3.63, 3.8) is 0 Å². The highest BCUT2D eigenvalue weighted by atomic mass is 32.2. The van der Waals surface area contributed by atoms with E-state index in [1.807, 2.05) is 41.3 Å². The van der Waals surface area contributed by atoms with Crippen LogP contribution in [0.5, 0.6) is 0 Å². The minimum absolute atomic E-state index is 0.0124. The zero-order valence-electron chi connectivity index (χ0n) is 17.8. The van der Waals surface area contributed by atoms with Crippen molar-refractivity contribution in [3.05, 3.63) is 52.9 Å². The van der Waals surface area contributed by atoms with Crippen LogP contribution in [0.3, 0.4) is 0 Å². The van der Waals surface area contributed by atoms with Crippen molar-refractivity contribution >= 4 is 38.2 Å². The summed E-state index contributed by atoms with van der Waals surface area (Å²) >= 11 is 1.69. The number of sulfonamides is 1. The van der Waals surface area contributed by atoms with Crippen LogP contribution >= 0.6 is 11.3 Å². The summed E-state index contributed by atoms with van der Waals surface area (Å²) in [4.78, 5) is 14.4. The molecule has 1 saturated heterocycles. The van der Waals surface area contributed by atoms with Gasteiger partial charge in [0.1, 0.15) is 6.04 Å². The highest BCUT2D eigenvalue weighted by Crippen LogP contribution is 2.27. The average molecular weight is 460 g/mol. The fraction of sp³-hybridized carbons (Fsp3) is 0.435. The Morgan fingerprint density at radius 1 is 1.16 bits per heavy atom. The maximum atomic E-state index is 13.0. The summed E-state index contributed by atoms with van der Waals surface area (Å²) in [6.45, 7) is 3.77. The number of hydrogen-bond donors (Lipinski definition) is 1. The number of carbonyl (C=O) groups is 1.